The zero-order valence-corrected chi connectivity index (χ0v) is 10.6. The maximum atomic E-state index is 13.2. The smallest absolute Gasteiger partial charge is 0.282 e. The average Bonchev–Trinajstić information content (AvgIpc) is 2.74. The topological polar surface area (TPSA) is 72.2 Å². The van der Waals surface area contributed by atoms with Gasteiger partial charge in [-0.2, -0.15) is 0 Å². The fourth-order valence-electron chi connectivity index (χ4n) is 2.46. The predicted molar refractivity (Wildman–Crippen MR) is 67.3 cm³/mol. The Morgan fingerprint density at radius 1 is 1.47 bits per heavy atom. The van der Waals surface area contributed by atoms with Gasteiger partial charge in [0.25, 0.3) is 11.6 Å². The van der Waals surface area contributed by atoms with E-state index in [9.17, 15) is 19.3 Å². The summed E-state index contributed by atoms with van der Waals surface area (Å²) in [5.41, 5.74) is -0.589. The third-order valence-electron chi connectivity index (χ3n) is 3.58. The van der Waals surface area contributed by atoms with Gasteiger partial charge in [-0.1, -0.05) is 13.3 Å². The molecule has 19 heavy (non-hydrogen) atoms. The van der Waals surface area contributed by atoms with Crippen LogP contribution in [0.1, 0.15) is 36.5 Å². The fourth-order valence-corrected chi connectivity index (χ4v) is 2.46. The number of halogens is 1. The van der Waals surface area contributed by atoms with Gasteiger partial charge in [-0.15, -0.1) is 0 Å². The number of nitrogens with one attached hydrogen (secondary N) is 1. The third kappa shape index (κ3) is 2.89. The molecule has 1 saturated carbocycles. The molecule has 0 spiro atoms. The van der Waals surface area contributed by atoms with E-state index in [1.165, 1.54) is 0 Å². The number of nitro benzene ring substituents is 1. The van der Waals surface area contributed by atoms with Crippen LogP contribution in [0.4, 0.5) is 10.1 Å². The minimum atomic E-state index is -0.674. The number of nitro groups is 1. The van der Waals surface area contributed by atoms with E-state index in [0.29, 0.717) is 5.92 Å². The molecule has 1 aromatic carbocycles. The Morgan fingerprint density at radius 3 is 2.79 bits per heavy atom. The first-order chi connectivity index (χ1) is 8.99. The number of amides is 1. The molecule has 5 nitrogen and oxygen atoms in total. The zero-order chi connectivity index (χ0) is 14.0. The standard InChI is InChI=1S/C13H15FN2O3/c1-8-3-2-4-11(8)15-13(17)10-7-9(14)5-6-12(10)16(18)19/h5-8,11H,2-4H2,1H3,(H,15,17). The summed E-state index contributed by atoms with van der Waals surface area (Å²) in [5.74, 6) is -0.892. The van der Waals surface area contributed by atoms with Crippen LogP contribution in [-0.2, 0) is 0 Å². The number of nitrogens with zero attached hydrogens (tertiary/aromatic N) is 1. The van der Waals surface area contributed by atoms with Gasteiger partial charge in [0.2, 0.25) is 0 Å². The minimum Gasteiger partial charge on any atom is -0.349 e. The summed E-state index contributed by atoms with van der Waals surface area (Å²) in [4.78, 5) is 22.2. The van der Waals surface area contributed by atoms with Gasteiger partial charge in [-0.05, 0) is 30.9 Å². The van der Waals surface area contributed by atoms with Crippen molar-refractivity contribution in [2.75, 3.05) is 0 Å². The quantitative estimate of drug-likeness (QED) is 0.675. The van der Waals surface area contributed by atoms with Gasteiger partial charge in [-0.3, -0.25) is 14.9 Å². The second-order valence-corrected chi connectivity index (χ2v) is 4.91. The molecule has 1 aliphatic carbocycles. The van der Waals surface area contributed by atoms with Crippen LogP contribution >= 0.6 is 0 Å². The molecular weight excluding hydrogens is 251 g/mol. The van der Waals surface area contributed by atoms with E-state index in [1.807, 2.05) is 6.92 Å². The van der Waals surface area contributed by atoms with Crippen molar-refractivity contribution in [3.05, 3.63) is 39.7 Å². The summed E-state index contributed by atoms with van der Waals surface area (Å²) in [7, 11) is 0. The third-order valence-corrected chi connectivity index (χ3v) is 3.58. The number of benzene rings is 1. The number of hydrogen-bond acceptors (Lipinski definition) is 3. The van der Waals surface area contributed by atoms with Crippen molar-refractivity contribution in [2.24, 2.45) is 5.92 Å². The zero-order valence-electron chi connectivity index (χ0n) is 10.6. The summed E-state index contributed by atoms with van der Waals surface area (Å²) < 4.78 is 13.2. The van der Waals surface area contributed by atoms with E-state index in [1.54, 1.807) is 0 Å². The van der Waals surface area contributed by atoms with Crippen molar-refractivity contribution < 1.29 is 14.1 Å². The Labute approximate surface area is 110 Å². The van der Waals surface area contributed by atoms with Crippen molar-refractivity contribution in [2.45, 2.75) is 32.2 Å². The molecule has 1 aliphatic rings. The second-order valence-electron chi connectivity index (χ2n) is 4.91. The first-order valence-electron chi connectivity index (χ1n) is 6.24. The van der Waals surface area contributed by atoms with Crippen LogP contribution in [0.3, 0.4) is 0 Å². The van der Waals surface area contributed by atoms with Crippen LogP contribution in [0.5, 0.6) is 0 Å². The van der Waals surface area contributed by atoms with Crippen LogP contribution < -0.4 is 5.32 Å². The molecule has 0 heterocycles. The van der Waals surface area contributed by atoms with Crippen molar-refractivity contribution in [3.8, 4) is 0 Å². The lowest BCUT2D eigenvalue weighted by Crippen LogP contribution is -2.36. The summed E-state index contributed by atoms with van der Waals surface area (Å²) in [5, 5.41) is 13.6. The van der Waals surface area contributed by atoms with Gasteiger partial charge < -0.3 is 5.32 Å². The number of carbonyl (C=O) groups is 1. The van der Waals surface area contributed by atoms with Crippen LogP contribution in [0.15, 0.2) is 18.2 Å². The van der Waals surface area contributed by atoms with Gasteiger partial charge in [0.05, 0.1) is 4.92 Å². The molecule has 0 aliphatic heterocycles. The lowest BCUT2D eigenvalue weighted by molar-refractivity contribution is -0.385. The number of carbonyl (C=O) groups excluding carboxylic acids is 1. The average molecular weight is 266 g/mol. The molecule has 0 aromatic heterocycles. The van der Waals surface area contributed by atoms with E-state index in [2.05, 4.69) is 5.32 Å². The maximum absolute atomic E-state index is 13.2. The van der Waals surface area contributed by atoms with Crippen LogP contribution in [0.2, 0.25) is 0 Å². The molecule has 1 N–H and O–H groups in total. The van der Waals surface area contributed by atoms with Crippen molar-refractivity contribution >= 4 is 11.6 Å². The lowest BCUT2D eigenvalue weighted by Gasteiger charge is -2.17. The van der Waals surface area contributed by atoms with Gasteiger partial charge in [0, 0.05) is 12.1 Å². The Kier molecular flexibility index (Phi) is 3.78. The summed E-state index contributed by atoms with van der Waals surface area (Å²) in [6, 6.07) is 2.91. The molecule has 2 unspecified atom stereocenters. The van der Waals surface area contributed by atoms with Gasteiger partial charge in [0.15, 0.2) is 0 Å². The van der Waals surface area contributed by atoms with Crippen LogP contribution in [-0.4, -0.2) is 16.9 Å². The Balaban J connectivity index is 2.22. The minimum absolute atomic E-state index is 0.00960. The molecule has 102 valence electrons. The maximum Gasteiger partial charge on any atom is 0.282 e. The van der Waals surface area contributed by atoms with E-state index in [0.717, 1.165) is 37.5 Å². The molecular formula is C13H15FN2O3. The second kappa shape index (κ2) is 5.34. The molecule has 0 bridgehead atoms. The Hall–Kier alpha value is -1.98. The van der Waals surface area contributed by atoms with Crippen molar-refractivity contribution in [1.82, 2.24) is 5.32 Å². The predicted octanol–water partition coefficient (Wildman–Crippen LogP) is 2.65. The Bertz CT molecular complexity index is 519. The van der Waals surface area contributed by atoms with Crippen LogP contribution in [0, 0.1) is 21.8 Å². The largest absolute Gasteiger partial charge is 0.349 e. The van der Waals surface area contributed by atoms with E-state index < -0.39 is 16.6 Å². The molecule has 1 amide bonds. The van der Waals surface area contributed by atoms with Gasteiger partial charge in [0.1, 0.15) is 11.4 Å². The highest BCUT2D eigenvalue weighted by molar-refractivity contribution is 5.98. The normalized spacial score (nSPS) is 22.2. The summed E-state index contributed by atoms with van der Waals surface area (Å²) >= 11 is 0. The fraction of sp³-hybridized carbons (Fsp3) is 0.462. The number of rotatable bonds is 3. The van der Waals surface area contributed by atoms with Gasteiger partial charge >= 0.3 is 0 Å². The molecule has 1 fully saturated rings. The molecule has 6 heteroatoms. The number of hydrogen-bond donors (Lipinski definition) is 1. The Morgan fingerprint density at radius 2 is 2.21 bits per heavy atom. The summed E-state index contributed by atoms with van der Waals surface area (Å²) in [6.45, 7) is 2.03. The molecule has 2 atom stereocenters. The van der Waals surface area contributed by atoms with E-state index in [-0.39, 0.29) is 17.3 Å². The molecule has 0 saturated heterocycles. The van der Waals surface area contributed by atoms with E-state index >= 15 is 0 Å². The van der Waals surface area contributed by atoms with Crippen LogP contribution in [0.25, 0.3) is 0 Å². The molecule has 2 rings (SSSR count). The highest BCUT2D eigenvalue weighted by Gasteiger charge is 2.28. The molecule has 0 radical (unpaired) electrons. The highest BCUT2D eigenvalue weighted by atomic mass is 19.1. The van der Waals surface area contributed by atoms with E-state index in [4.69, 9.17) is 0 Å². The highest BCUT2D eigenvalue weighted by Crippen LogP contribution is 2.26. The first kappa shape index (κ1) is 13.5. The molecule has 1 aromatic rings. The lowest BCUT2D eigenvalue weighted by atomic mass is 10.1. The van der Waals surface area contributed by atoms with Crippen molar-refractivity contribution in [1.29, 1.82) is 0 Å². The summed E-state index contributed by atoms with van der Waals surface area (Å²) in [6.07, 6.45) is 2.91. The van der Waals surface area contributed by atoms with Crippen molar-refractivity contribution in [3.63, 3.8) is 0 Å². The monoisotopic (exact) mass is 266 g/mol. The van der Waals surface area contributed by atoms with Gasteiger partial charge in [-0.25, -0.2) is 4.39 Å². The first-order valence-corrected chi connectivity index (χ1v) is 6.24. The SMILES string of the molecule is CC1CCCC1NC(=O)c1cc(F)ccc1[N+](=O)[O-].